The molecule has 0 radical (unpaired) electrons. The monoisotopic (exact) mass is 257 g/mol. The summed E-state index contributed by atoms with van der Waals surface area (Å²) >= 11 is 0. The Kier molecular flexibility index (Phi) is 3.03. The number of amides is 1. The smallest absolute Gasteiger partial charge is 0.253 e. The molecule has 0 saturated carbocycles. The van der Waals surface area contributed by atoms with Crippen LogP contribution in [0.1, 0.15) is 28.0 Å². The highest BCUT2D eigenvalue weighted by Crippen LogP contribution is 2.33. The number of carbonyl (C=O) groups excluding carboxylic acids is 1. The number of aryl methyl sites for hydroxylation is 2. The summed E-state index contributed by atoms with van der Waals surface area (Å²) in [6.07, 6.45) is 3.46. The van der Waals surface area contributed by atoms with Gasteiger partial charge in [0, 0.05) is 31.2 Å². The third kappa shape index (κ3) is 1.83. The summed E-state index contributed by atoms with van der Waals surface area (Å²) in [5, 5.41) is 4.09. The summed E-state index contributed by atoms with van der Waals surface area (Å²) in [7, 11) is 2.06. The predicted molar refractivity (Wildman–Crippen MR) is 76.3 cm³/mol. The van der Waals surface area contributed by atoms with Gasteiger partial charge in [-0.1, -0.05) is 12.1 Å². The fourth-order valence-corrected chi connectivity index (χ4v) is 3.14. The third-order valence-electron chi connectivity index (χ3n) is 3.96. The lowest BCUT2D eigenvalue weighted by Crippen LogP contribution is -2.29. The standard InChI is InChI=1S/C15H19N3O/c1-18-13-7-3-4-10(13)11-5-2-6-12(14(11)18)15(19)17-9-8-16/h2,5-6H,3-4,7-9,16H2,1H3,(H,17,19). The van der Waals surface area contributed by atoms with Gasteiger partial charge in [0.25, 0.3) is 5.91 Å². The molecule has 0 aliphatic heterocycles. The minimum Gasteiger partial charge on any atom is -0.351 e. The molecule has 0 unspecified atom stereocenters. The molecule has 4 nitrogen and oxygen atoms in total. The lowest BCUT2D eigenvalue weighted by atomic mass is 10.1. The zero-order valence-corrected chi connectivity index (χ0v) is 11.2. The van der Waals surface area contributed by atoms with Gasteiger partial charge < -0.3 is 15.6 Å². The van der Waals surface area contributed by atoms with Gasteiger partial charge in [-0.3, -0.25) is 4.79 Å². The number of nitrogens with two attached hydrogens (primary N) is 1. The maximum absolute atomic E-state index is 12.2. The normalized spacial score (nSPS) is 13.8. The van der Waals surface area contributed by atoms with Gasteiger partial charge in [-0.05, 0) is 30.9 Å². The average Bonchev–Trinajstić information content (AvgIpc) is 3.00. The van der Waals surface area contributed by atoms with Gasteiger partial charge in [-0.2, -0.15) is 0 Å². The lowest BCUT2D eigenvalue weighted by Gasteiger charge is -2.08. The third-order valence-corrected chi connectivity index (χ3v) is 3.96. The van der Waals surface area contributed by atoms with Crippen LogP contribution < -0.4 is 11.1 Å². The number of rotatable bonds is 3. The van der Waals surface area contributed by atoms with Crippen LogP contribution in [-0.4, -0.2) is 23.6 Å². The highest BCUT2D eigenvalue weighted by molar-refractivity contribution is 6.07. The van der Waals surface area contributed by atoms with Gasteiger partial charge in [0.05, 0.1) is 11.1 Å². The first-order valence-electron chi connectivity index (χ1n) is 6.81. The van der Waals surface area contributed by atoms with E-state index in [4.69, 9.17) is 5.73 Å². The van der Waals surface area contributed by atoms with Crippen molar-refractivity contribution in [2.24, 2.45) is 12.8 Å². The summed E-state index contributed by atoms with van der Waals surface area (Å²) in [6.45, 7) is 0.977. The number of hydrogen-bond donors (Lipinski definition) is 2. The van der Waals surface area contributed by atoms with E-state index in [-0.39, 0.29) is 5.91 Å². The van der Waals surface area contributed by atoms with Crippen LogP contribution in [0, 0.1) is 0 Å². The second-order valence-corrected chi connectivity index (χ2v) is 5.08. The van der Waals surface area contributed by atoms with E-state index in [1.807, 2.05) is 12.1 Å². The molecule has 1 aromatic heterocycles. The fraction of sp³-hybridized carbons (Fsp3) is 0.400. The van der Waals surface area contributed by atoms with Crippen LogP contribution in [0.4, 0.5) is 0 Å². The molecule has 3 rings (SSSR count). The maximum atomic E-state index is 12.2. The van der Waals surface area contributed by atoms with E-state index in [1.165, 1.54) is 23.1 Å². The number of nitrogens with zero attached hydrogens (tertiary/aromatic N) is 1. The quantitative estimate of drug-likeness (QED) is 0.872. The number of hydrogen-bond acceptors (Lipinski definition) is 2. The van der Waals surface area contributed by atoms with Crippen LogP contribution >= 0.6 is 0 Å². The fourth-order valence-electron chi connectivity index (χ4n) is 3.14. The molecule has 0 spiro atoms. The molecule has 1 aromatic carbocycles. The molecular weight excluding hydrogens is 238 g/mol. The van der Waals surface area contributed by atoms with Crippen molar-refractivity contribution >= 4 is 16.8 Å². The SMILES string of the molecule is Cn1c2c(c3cccc(C(=O)NCCN)c31)CCC2. The van der Waals surface area contributed by atoms with E-state index in [9.17, 15) is 4.79 Å². The molecule has 3 N–H and O–H groups in total. The summed E-state index contributed by atoms with van der Waals surface area (Å²) in [5.74, 6) is -0.0321. The number of fused-ring (bicyclic) bond motifs is 3. The Bertz CT molecular complexity index is 642. The summed E-state index contributed by atoms with van der Waals surface area (Å²) < 4.78 is 2.19. The van der Waals surface area contributed by atoms with E-state index in [2.05, 4.69) is 23.0 Å². The Morgan fingerprint density at radius 3 is 3.05 bits per heavy atom. The maximum Gasteiger partial charge on any atom is 0.253 e. The van der Waals surface area contributed by atoms with E-state index in [0.717, 1.165) is 23.9 Å². The van der Waals surface area contributed by atoms with Crippen LogP contribution in [0.25, 0.3) is 10.9 Å². The number of carbonyl (C=O) groups is 1. The molecule has 0 fully saturated rings. The van der Waals surface area contributed by atoms with Gasteiger partial charge in [-0.15, -0.1) is 0 Å². The number of nitrogens with one attached hydrogen (secondary N) is 1. The topological polar surface area (TPSA) is 60.0 Å². The molecule has 100 valence electrons. The van der Waals surface area contributed by atoms with Crippen molar-refractivity contribution < 1.29 is 4.79 Å². The van der Waals surface area contributed by atoms with Crippen LogP contribution in [-0.2, 0) is 19.9 Å². The van der Waals surface area contributed by atoms with Crippen LogP contribution in [0.5, 0.6) is 0 Å². The molecule has 1 amide bonds. The summed E-state index contributed by atoms with van der Waals surface area (Å²) in [5.41, 5.74) is 10.1. The van der Waals surface area contributed by atoms with Gasteiger partial charge in [0.15, 0.2) is 0 Å². The Labute approximate surface area is 112 Å². The molecule has 0 bridgehead atoms. The second-order valence-electron chi connectivity index (χ2n) is 5.08. The minimum absolute atomic E-state index is 0.0321. The number of aromatic nitrogens is 1. The van der Waals surface area contributed by atoms with E-state index < -0.39 is 0 Å². The van der Waals surface area contributed by atoms with Gasteiger partial charge in [0.2, 0.25) is 0 Å². The van der Waals surface area contributed by atoms with E-state index in [0.29, 0.717) is 13.1 Å². The van der Waals surface area contributed by atoms with Crippen molar-refractivity contribution in [2.75, 3.05) is 13.1 Å². The molecule has 1 aliphatic rings. The van der Waals surface area contributed by atoms with Crippen molar-refractivity contribution in [3.8, 4) is 0 Å². The summed E-state index contributed by atoms with van der Waals surface area (Å²) in [4.78, 5) is 12.2. The minimum atomic E-state index is -0.0321. The highest BCUT2D eigenvalue weighted by atomic mass is 16.1. The van der Waals surface area contributed by atoms with Gasteiger partial charge in [-0.25, -0.2) is 0 Å². The molecule has 1 aliphatic carbocycles. The first-order valence-corrected chi connectivity index (χ1v) is 6.81. The Hall–Kier alpha value is -1.81. The first kappa shape index (κ1) is 12.2. The van der Waals surface area contributed by atoms with E-state index >= 15 is 0 Å². The molecule has 0 atom stereocenters. The average molecular weight is 257 g/mol. The van der Waals surface area contributed by atoms with Crippen molar-refractivity contribution in [1.82, 2.24) is 9.88 Å². The molecule has 4 heteroatoms. The zero-order chi connectivity index (χ0) is 13.4. The van der Waals surface area contributed by atoms with Crippen LogP contribution in [0.3, 0.4) is 0 Å². The van der Waals surface area contributed by atoms with Crippen molar-refractivity contribution in [3.05, 3.63) is 35.0 Å². The van der Waals surface area contributed by atoms with Gasteiger partial charge in [0.1, 0.15) is 0 Å². The zero-order valence-electron chi connectivity index (χ0n) is 11.2. The van der Waals surface area contributed by atoms with Crippen LogP contribution in [0.2, 0.25) is 0 Å². The largest absolute Gasteiger partial charge is 0.351 e. The van der Waals surface area contributed by atoms with Gasteiger partial charge >= 0.3 is 0 Å². The van der Waals surface area contributed by atoms with Crippen LogP contribution in [0.15, 0.2) is 18.2 Å². The Balaban J connectivity index is 2.14. The Morgan fingerprint density at radius 2 is 2.26 bits per heavy atom. The van der Waals surface area contributed by atoms with E-state index in [1.54, 1.807) is 0 Å². The predicted octanol–water partition coefficient (Wildman–Crippen LogP) is 1.36. The highest BCUT2D eigenvalue weighted by Gasteiger charge is 2.22. The molecule has 1 heterocycles. The number of benzene rings is 1. The first-order chi connectivity index (χ1) is 9.24. The molecule has 2 aromatic rings. The molecule has 0 saturated heterocycles. The van der Waals surface area contributed by atoms with Crippen molar-refractivity contribution in [1.29, 1.82) is 0 Å². The lowest BCUT2D eigenvalue weighted by molar-refractivity contribution is 0.0956. The van der Waals surface area contributed by atoms with Crippen molar-refractivity contribution in [2.45, 2.75) is 19.3 Å². The Morgan fingerprint density at radius 1 is 1.42 bits per heavy atom. The second kappa shape index (κ2) is 4.70. The van der Waals surface area contributed by atoms with Crippen molar-refractivity contribution in [3.63, 3.8) is 0 Å². The molecular formula is C15H19N3O. The summed E-state index contributed by atoms with van der Waals surface area (Å²) in [6, 6.07) is 5.99. The number of para-hydroxylation sites is 1. The molecule has 19 heavy (non-hydrogen) atoms.